The number of halogens is 1. The van der Waals surface area contributed by atoms with Gasteiger partial charge in [0.1, 0.15) is 12.3 Å². The number of methoxy groups -OCH3 is 1. The van der Waals surface area contributed by atoms with E-state index in [9.17, 15) is 24.8 Å². The third-order valence-corrected chi connectivity index (χ3v) is 39.1. The monoisotopic (exact) mass is 1640 g/mol. The van der Waals surface area contributed by atoms with Crippen LogP contribution in [0, 0.1) is 181 Å². The van der Waals surface area contributed by atoms with Crippen LogP contribution in [0.4, 0.5) is 4.39 Å². The molecule has 4 aromatic heterocycles. The Morgan fingerprint density at radius 2 is 0.672 bits per heavy atom. The lowest BCUT2D eigenvalue weighted by Gasteiger charge is -2.57. The molecule has 0 saturated heterocycles. The van der Waals surface area contributed by atoms with Crippen LogP contribution in [0.25, 0.3) is 0 Å². The second kappa shape index (κ2) is 33.5. The Morgan fingerprint density at radius 3 is 1.00 bits per heavy atom. The van der Waals surface area contributed by atoms with Crippen molar-refractivity contribution >= 4 is 0 Å². The van der Waals surface area contributed by atoms with Crippen LogP contribution in [0.2, 0.25) is 0 Å². The van der Waals surface area contributed by atoms with Crippen LogP contribution in [0.5, 0.6) is 0 Å². The highest BCUT2D eigenvalue weighted by Gasteiger charge is 2.64. The Balaban J connectivity index is 0.000000109. The first-order chi connectivity index (χ1) is 57.2. The fourth-order valence-corrected chi connectivity index (χ4v) is 33.9. The minimum Gasteiger partial charge on any atom is -0.390 e. The summed E-state index contributed by atoms with van der Waals surface area (Å²) in [6.45, 7) is 32.9. The van der Waals surface area contributed by atoms with Gasteiger partial charge in [0.15, 0.2) is 25.3 Å². The van der Waals surface area contributed by atoms with E-state index in [1.54, 1.807) is 26.3 Å². The molecule has 21 rings (SSSR count). The normalized spacial score (nSPS) is 46.2. The van der Waals surface area contributed by atoms with E-state index in [1.165, 1.54) is 234 Å². The van der Waals surface area contributed by atoms with Gasteiger partial charge in [-0.15, -0.1) is 40.8 Å². The third kappa shape index (κ3) is 16.3. The largest absolute Gasteiger partial charge is 0.390 e. The predicted molar refractivity (Wildman–Crippen MR) is 454 cm³/mol. The van der Waals surface area contributed by atoms with Gasteiger partial charge in [0.25, 0.3) is 0 Å². The molecular weight excluding hydrogens is 1490 g/mol. The highest BCUT2D eigenvalue weighted by Crippen LogP contribution is 2.71. The minimum atomic E-state index is -1.04. The van der Waals surface area contributed by atoms with Crippen molar-refractivity contribution in [1.82, 2.24) is 80.8 Å². The molecule has 17 aliphatic rings. The number of aliphatic hydroxyl groups is 4. The Hall–Kier alpha value is -5.47. The van der Waals surface area contributed by atoms with Gasteiger partial charge in [0, 0.05) is 13.0 Å². The molecule has 21 nitrogen and oxygen atoms in total. The van der Waals surface area contributed by atoms with Crippen LogP contribution in [-0.4, -0.2) is 144 Å². The molecule has 22 heteroatoms. The van der Waals surface area contributed by atoms with Crippen molar-refractivity contribution in [2.45, 2.75) is 327 Å². The van der Waals surface area contributed by atoms with Crippen LogP contribution in [-0.2, 0) is 30.9 Å². The number of rotatable bonds is 15. The Kier molecular flexibility index (Phi) is 23.7. The van der Waals surface area contributed by atoms with Crippen molar-refractivity contribution in [3.63, 3.8) is 0 Å². The highest BCUT2D eigenvalue weighted by molar-refractivity contribution is 5.24. The van der Waals surface area contributed by atoms with Gasteiger partial charge in [-0.05, 0) is 435 Å². The average Bonchev–Trinajstić information content (AvgIpc) is 1.63. The fourth-order valence-electron chi connectivity index (χ4n) is 33.9. The van der Waals surface area contributed by atoms with E-state index in [2.05, 4.69) is 134 Å². The smallest absolute Gasteiger partial charge is 0.162 e. The van der Waals surface area contributed by atoms with Crippen LogP contribution in [0.1, 0.15) is 279 Å². The summed E-state index contributed by atoms with van der Waals surface area (Å²) in [4.78, 5) is 6.71. The number of alkyl halides is 1. The molecule has 0 radical (unpaired) electrons. The summed E-state index contributed by atoms with van der Waals surface area (Å²) in [5, 5.41) is 91.6. The Labute approximate surface area is 709 Å². The number of allylic oxidation sites excluding steroid dienone is 4. The van der Waals surface area contributed by atoms with Gasteiger partial charge in [-0.3, -0.25) is 0 Å². The van der Waals surface area contributed by atoms with E-state index in [4.69, 9.17) is 4.74 Å². The molecule has 0 aromatic carbocycles. The van der Waals surface area contributed by atoms with Crippen molar-refractivity contribution in [2.24, 2.45) is 170 Å². The lowest BCUT2D eigenvalue weighted by molar-refractivity contribution is -0.123. The van der Waals surface area contributed by atoms with E-state index in [0.717, 1.165) is 140 Å². The van der Waals surface area contributed by atoms with E-state index in [0.29, 0.717) is 121 Å². The second-order valence-corrected chi connectivity index (χ2v) is 45.0. The Bertz CT molecular complexity index is 4240. The van der Waals surface area contributed by atoms with E-state index in [1.807, 2.05) is 0 Å². The van der Waals surface area contributed by atoms with Crippen molar-refractivity contribution in [3.8, 4) is 11.8 Å². The molecule has 17 saturated carbocycles. The first-order valence-electron chi connectivity index (χ1n) is 48.2. The quantitative estimate of drug-likeness (QED) is 0.0636. The van der Waals surface area contributed by atoms with E-state index >= 15 is 0 Å². The SMILES string of the molecule is C=C(Cn1ncnn1)[C@H]1CC[C@H]2[C@@H]3CC[C@@H]4C[C@@](C)(O)CC[C@@H]4[C@H]3CC[C@]12C.C=C(Cn1ncnn1)[C@H]1CC[C@H]2[C@@H]3CC[C@@H]4C[C@](O)(C#CC5CC5)CC[C@@H]4[C@H]3CC[C@]12C.C=C(Cn1ncnn1)[C@H]1CC[C@H]2[C@@H]3CC[C@@H]4C[C@](O)(CF)CC[C@@H]4[C@H]3CC[C@]12C.C=C(Cn1ncnn1)[C@H]1CC[C@H]2[C@@H]3CC[C@@H]4C[C@](O)(COC)CC[C@@H]4[C@H]3CC[C@]12C. The summed E-state index contributed by atoms with van der Waals surface area (Å²) in [5.41, 5.74) is 3.85. The van der Waals surface area contributed by atoms with Gasteiger partial charge in [0.2, 0.25) is 0 Å². The number of hydrogen-bond acceptors (Lipinski definition) is 17. The number of aromatic nitrogens is 16. The van der Waals surface area contributed by atoms with Crippen molar-refractivity contribution < 1.29 is 29.6 Å². The van der Waals surface area contributed by atoms with E-state index < -0.39 is 29.1 Å². The third-order valence-electron chi connectivity index (χ3n) is 39.1. The topological polar surface area (TPSA) is 265 Å². The number of nitrogens with zero attached hydrogens (tertiary/aromatic N) is 16. The van der Waals surface area contributed by atoms with Crippen LogP contribution < -0.4 is 0 Å². The van der Waals surface area contributed by atoms with Gasteiger partial charge >= 0.3 is 0 Å². The maximum absolute atomic E-state index is 13.4. The van der Waals surface area contributed by atoms with Crippen LogP contribution in [0.15, 0.2) is 73.9 Å². The minimum absolute atomic E-state index is 0.333. The first-order valence-corrected chi connectivity index (χ1v) is 48.2. The number of fused-ring (bicyclic) bond motifs is 20. The van der Waals surface area contributed by atoms with Crippen molar-refractivity contribution in [2.75, 3.05) is 20.4 Å². The maximum atomic E-state index is 13.4. The summed E-state index contributed by atoms with van der Waals surface area (Å²) in [6.07, 6.45) is 51.6. The first kappa shape index (κ1) is 84.4. The summed E-state index contributed by atoms with van der Waals surface area (Å²) in [6, 6.07) is 0. The lowest BCUT2D eigenvalue weighted by Crippen LogP contribution is -2.52. The standard InChI is InChI=1S/C27H38N4O.C24H38N4O2.C23H35FN4O.C23H36N4O/c1-18(16-31-29-17-28-30-31)24-7-8-25-23-6-5-20-15-27(32,13-9-19-3-4-19)14-11-21(20)22(23)10-12-26(24,25)2;1-16(13-28-26-15-25-27-28)21-6-7-22-20-5-4-17-12-24(29,14-30-3)11-9-18(17)19(20)8-10-23(21,22)2;1-15(12-28-26-14-25-27-28)20-5-6-21-19-4-3-16-11-23(29,13-24)10-8-17(16)18(19)7-9-22(20,21)2;1-15(13-27-25-14-24-26-27)20-6-7-21-19-5-4-16-12-22(2,28)10-8-17(16)18(19)9-11-23(20,21)3/h17,19-25,32H,1,3-8,10-12,14-16H2,2H3;15,17-22,29H,1,4-14H2,2-3H3;14,16-21,29H,1,3-13H2,2H3;14,16-21,28H,1,4-13H2,2-3H3/t20-,21+,22-,23-,24-,25+,26-,27+;17-,18+,19-,20-,21-,22+,23-,24+;16-,17+,18-,19-,20-,21+,22-,23+;16-,17+,18-,19-,20-,21+,22+,23-/m1111/s1. The average molecular weight is 1640 g/mol. The molecule has 0 amide bonds. The molecule has 4 N–H and O–H groups in total. The zero-order valence-corrected chi connectivity index (χ0v) is 73.4. The predicted octanol–water partition coefficient (Wildman–Crippen LogP) is 17.0. The molecular formula is C97H147FN16O5. The molecule has 4 heterocycles. The molecule has 0 spiro atoms. The molecule has 17 aliphatic carbocycles. The van der Waals surface area contributed by atoms with Gasteiger partial charge in [-0.25, -0.2) is 4.39 Å². The van der Waals surface area contributed by atoms with Crippen molar-refractivity contribution in [1.29, 1.82) is 0 Å². The lowest BCUT2D eigenvalue weighted by atomic mass is 9.48. The number of hydrogen-bond donors (Lipinski definition) is 4. The van der Waals surface area contributed by atoms with Crippen molar-refractivity contribution in [3.05, 3.63) is 73.9 Å². The molecule has 17 fully saturated rings. The summed E-state index contributed by atoms with van der Waals surface area (Å²) in [5.74, 6) is 25.5. The van der Waals surface area contributed by atoms with Crippen LogP contribution >= 0.6 is 0 Å². The zero-order chi connectivity index (χ0) is 82.6. The van der Waals surface area contributed by atoms with Gasteiger partial charge < -0.3 is 25.2 Å². The molecule has 0 aliphatic heterocycles. The van der Waals surface area contributed by atoms with Gasteiger partial charge in [0.05, 0.1) is 49.6 Å². The highest BCUT2D eigenvalue weighted by atomic mass is 19.1. The number of ether oxygens (including phenoxy) is 1. The maximum Gasteiger partial charge on any atom is 0.162 e. The number of tetrazole rings is 4. The molecule has 652 valence electrons. The van der Waals surface area contributed by atoms with Gasteiger partial charge in [-0.1, -0.05) is 88.1 Å². The fraction of sp³-hybridized carbons (Fsp3) is 0.856. The molecule has 119 heavy (non-hydrogen) atoms. The Morgan fingerprint density at radius 1 is 0.361 bits per heavy atom. The summed E-state index contributed by atoms with van der Waals surface area (Å²) >= 11 is 0. The molecule has 4 aromatic rings. The van der Waals surface area contributed by atoms with Gasteiger partial charge in [-0.2, -0.15) is 19.2 Å². The molecule has 0 bridgehead atoms. The molecule has 32 atom stereocenters. The van der Waals surface area contributed by atoms with Crippen LogP contribution in [0.3, 0.4) is 0 Å². The zero-order valence-electron chi connectivity index (χ0n) is 73.4. The summed E-state index contributed by atoms with van der Waals surface area (Å²) < 4.78 is 18.7. The van der Waals surface area contributed by atoms with E-state index in [-0.39, 0.29) is 0 Å². The summed E-state index contributed by atoms with van der Waals surface area (Å²) in [7, 11) is 1.71. The molecule has 0 unspecified atom stereocenters. The second-order valence-electron chi connectivity index (χ2n) is 45.0.